The molecule has 12 atom stereocenters. The highest BCUT2D eigenvalue weighted by atomic mass is 16.7. The van der Waals surface area contributed by atoms with Gasteiger partial charge in [0.15, 0.2) is 11.6 Å². The van der Waals surface area contributed by atoms with Gasteiger partial charge in [0.25, 0.3) is 0 Å². The van der Waals surface area contributed by atoms with Crippen molar-refractivity contribution in [1.29, 1.82) is 0 Å². The third kappa shape index (κ3) is 4.34. The van der Waals surface area contributed by atoms with Crippen LogP contribution in [0.15, 0.2) is 24.3 Å². The maximum absolute atomic E-state index is 12.6. The van der Waals surface area contributed by atoms with E-state index in [1.807, 2.05) is 12.2 Å². The van der Waals surface area contributed by atoms with Gasteiger partial charge in [0, 0.05) is 26.1 Å². The molecule has 0 heterocycles. The van der Waals surface area contributed by atoms with Gasteiger partial charge in [-0.3, -0.25) is 9.59 Å². The average Bonchev–Trinajstić information content (AvgIpc) is 3.55. The summed E-state index contributed by atoms with van der Waals surface area (Å²) < 4.78 is 22.5. The minimum atomic E-state index is 0.0673. The van der Waals surface area contributed by atoms with Gasteiger partial charge in [-0.05, 0) is 133 Å². The van der Waals surface area contributed by atoms with Gasteiger partial charge in [0.05, 0.1) is 12.2 Å². The highest BCUT2D eigenvalue weighted by Gasteiger charge is 2.71. The Morgan fingerprint density at radius 2 is 1.00 bits per heavy atom. The van der Waals surface area contributed by atoms with Crippen LogP contribution in [0.25, 0.3) is 0 Å². The molecule has 8 aliphatic carbocycles. The highest BCUT2D eigenvalue weighted by molar-refractivity contribution is 5.94. The zero-order valence-electron chi connectivity index (χ0n) is 29.9. The molecular formula is C40H60O6. The van der Waals surface area contributed by atoms with Crippen LogP contribution in [0.4, 0.5) is 0 Å². The molecule has 0 aliphatic heterocycles. The van der Waals surface area contributed by atoms with E-state index in [0.717, 1.165) is 38.5 Å². The fraction of sp³-hybridized carbons (Fsp3) is 0.850. The molecule has 0 aromatic rings. The van der Waals surface area contributed by atoms with Gasteiger partial charge in [-0.1, -0.05) is 53.7 Å². The molecule has 2 spiro atoms. The first-order chi connectivity index (χ1) is 21.7. The molecule has 8 rings (SSSR count). The van der Waals surface area contributed by atoms with Gasteiger partial charge >= 0.3 is 0 Å². The van der Waals surface area contributed by atoms with Gasteiger partial charge in [-0.2, -0.15) is 0 Å². The first kappa shape index (κ1) is 33.2. The van der Waals surface area contributed by atoms with Gasteiger partial charge in [-0.25, -0.2) is 0 Å². The predicted molar refractivity (Wildman–Crippen MR) is 178 cm³/mol. The number of methoxy groups -OCH3 is 2. The van der Waals surface area contributed by atoms with Crippen molar-refractivity contribution in [2.24, 2.45) is 68.0 Å². The molecule has 6 saturated carbocycles. The van der Waals surface area contributed by atoms with Crippen LogP contribution in [0, 0.1) is 68.0 Å². The second-order valence-electron chi connectivity index (χ2n) is 18.5. The number of fused-ring (bicyclic) bond motifs is 2. The Morgan fingerprint density at radius 1 is 0.609 bits per heavy atom. The lowest BCUT2D eigenvalue weighted by molar-refractivity contribution is -0.194. The summed E-state index contributed by atoms with van der Waals surface area (Å²) in [5.41, 5.74) is 1.07. The number of rotatable bonds is 6. The molecule has 0 amide bonds. The quantitative estimate of drug-likeness (QED) is 0.276. The number of hydrogen-bond acceptors (Lipinski definition) is 6. The average molecular weight is 637 g/mol. The number of hydrogen-bond donors (Lipinski definition) is 0. The molecular weight excluding hydrogens is 576 g/mol. The van der Waals surface area contributed by atoms with Crippen molar-refractivity contribution in [3.05, 3.63) is 24.3 Å². The van der Waals surface area contributed by atoms with Crippen LogP contribution >= 0.6 is 0 Å². The summed E-state index contributed by atoms with van der Waals surface area (Å²) in [6.45, 7) is 15.1. The standard InChI is InChI=1S/2C20H30O3/c2*1-18(2)14-11-19(3)8-5-13-16(23-12-22-4)7-10-20(18,17(13)19)9-6-15(14)21/h2*6,9,13-14,16-17H,5,7-8,10-12H2,1-4H3/t2*13-,14-,16+,17-,19+,20+/m11/s1. The fourth-order valence-electron chi connectivity index (χ4n) is 14.1. The SMILES string of the molecule is COCO[C@H]1CC[C@@]23C=CC(=O)[C@@H](C[C@]4(C)CC[C@H]1[C@H]42)C3(C)C.COCO[C@H]1CC[C@@]23C=CC(=O)[C@@H](C[C@]4(C)CC[C@H]1[C@H]42)C3(C)C. The third-order valence-corrected chi connectivity index (χ3v) is 16.3. The lowest BCUT2D eigenvalue weighted by atomic mass is 9.37. The number of carbonyl (C=O) groups excluding carboxylic acids is 2. The molecule has 0 aromatic heterocycles. The molecule has 6 heteroatoms. The Hall–Kier alpha value is -1.34. The second-order valence-corrected chi connectivity index (χ2v) is 18.5. The van der Waals surface area contributed by atoms with Crippen LogP contribution in [0.1, 0.15) is 106 Å². The van der Waals surface area contributed by atoms with Gasteiger partial charge in [0.1, 0.15) is 13.6 Å². The zero-order chi connectivity index (χ0) is 32.9. The molecule has 4 bridgehead atoms. The van der Waals surface area contributed by atoms with Crippen molar-refractivity contribution in [3.63, 3.8) is 0 Å². The van der Waals surface area contributed by atoms with Crippen molar-refractivity contribution < 1.29 is 28.5 Å². The minimum Gasteiger partial charge on any atom is -0.359 e. The van der Waals surface area contributed by atoms with E-state index in [2.05, 4.69) is 53.7 Å². The molecule has 256 valence electrons. The van der Waals surface area contributed by atoms with Crippen molar-refractivity contribution in [2.75, 3.05) is 27.8 Å². The smallest absolute Gasteiger partial charge is 0.159 e. The monoisotopic (exact) mass is 636 g/mol. The van der Waals surface area contributed by atoms with E-state index in [-0.39, 0.29) is 33.5 Å². The van der Waals surface area contributed by atoms with Crippen LogP contribution in [0.3, 0.4) is 0 Å². The summed E-state index contributed by atoms with van der Waals surface area (Å²) >= 11 is 0. The lowest BCUT2D eigenvalue weighted by Crippen LogP contribution is -2.63. The Labute approximate surface area is 277 Å². The molecule has 46 heavy (non-hydrogen) atoms. The van der Waals surface area contributed by atoms with E-state index < -0.39 is 0 Å². The van der Waals surface area contributed by atoms with E-state index in [1.165, 1.54) is 25.7 Å². The van der Waals surface area contributed by atoms with Crippen molar-refractivity contribution >= 4 is 11.6 Å². The molecule has 0 unspecified atom stereocenters. The van der Waals surface area contributed by atoms with E-state index >= 15 is 0 Å². The first-order valence-corrected chi connectivity index (χ1v) is 18.4. The van der Waals surface area contributed by atoms with E-state index in [4.69, 9.17) is 18.9 Å². The topological polar surface area (TPSA) is 71.1 Å². The highest BCUT2D eigenvalue weighted by Crippen LogP contribution is 2.76. The summed E-state index contributed by atoms with van der Waals surface area (Å²) in [5.74, 6) is 3.63. The van der Waals surface area contributed by atoms with E-state index in [9.17, 15) is 9.59 Å². The maximum Gasteiger partial charge on any atom is 0.159 e. The normalized spacial score (nSPS) is 50.0. The summed E-state index contributed by atoms with van der Waals surface area (Å²) in [5, 5.41) is 0. The van der Waals surface area contributed by atoms with Crippen LogP contribution < -0.4 is 0 Å². The second kappa shape index (κ2) is 11.1. The Morgan fingerprint density at radius 3 is 1.37 bits per heavy atom. The van der Waals surface area contributed by atoms with Crippen LogP contribution in [0.2, 0.25) is 0 Å². The zero-order valence-corrected chi connectivity index (χ0v) is 29.9. The van der Waals surface area contributed by atoms with Gasteiger partial charge < -0.3 is 18.9 Å². The van der Waals surface area contributed by atoms with Crippen molar-refractivity contribution in [2.45, 2.75) is 118 Å². The Kier molecular flexibility index (Phi) is 7.99. The Bertz CT molecular complexity index is 1200. The largest absolute Gasteiger partial charge is 0.359 e. The van der Waals surface area contributed by atoms with Gasteiger partial charge in [-0.15, -0.1) is 0 Å². The van der Waals surface area contributed by atoms with Crippen molar-refractivity contribution in [1.82, 2.24) is 0 Å². The Balaban J connectivity index is 0.000000147. The summed E-state index contributed by atoms with van der Waals surface area (Å²) in [7, 11) is 3.40. The lowest BCUT2D eigenvalue weighted by Gasteiger charge is -2.66. The van der Waals surface area contributed by atoms with E-state index in [0.29, 0.717) is 71.9 Å². The minimum absolute atomic E-state index is 0.0673. The molecule has 0 radical (unpaired) electrons. The number of carbonyl (C=O) groups is 2. The van der Waals surface area contributed by atoms with Crippen LogP contribution in [-0.2, 0) is 28.5 Å². The van der Waals surface area contributed by atoms with Gasteiger partial charge in [0.2, 0.25) is 0 Å². The third-order valence-electron chi connectivity index (χ3n) is 16.3. The molecule has 0 saturated heterocycles. The van der Waals surface area contributed by atoms with E-state index in [1.54, 1.807) is 14.2 Å². The molecule has 8 aliphatic rings. The van der Waals surface area contributed by atoms with Crippen LogP contribution in [-0.4, -0.2) is 51.6 Å². The molecule has 0 aromatic carbocycles. The fourth-order valence-corrected chi connectivity index (χ4v) is 14.1. The number of ketones is 2. The summed E-state index contributed by atoms with van der Waals surface area (Å²) in [6.07, 6.45) is 20.7. The molecule has 6 fully saturated rings. The summed E-state index contributed by atoms with van der Waals surface area (Å²) in [6, 6.07) is 0. The number of allylic oxidation sites excluding steroid dienone is 4. The molecule has 0 N–H and O–H groups in total. The predicted octanol–water partition coefficient (Wildman–Crippen LogP) is 7.95. The first-order valence-electron chi connectivity index (χ1n) is 18.4. The van der Waals surface area contributed by atoms with Crippen LogP contribution in [0.5, 0.6) is 0 Å². The summed E-state index contributed by atoms with van der Waals surface area (Å²) in [4.78, 5) is 25.2. The number of ether oxygens (including phenoxy) is 4. The maximum atomic E-state index is 12.6. The van der Waals surface area contributed by atoms with Crippen molar-refractivity contribution in [3.8, 4) is 0 Å². The molecule has 6 nitrogen and oxygen atoms in total.